The lowest BCUT2D eigenvalue weighted by atomic mass is 10.2. The first-order chi connectivity index (χ1) is 15.6. The summed E-state index contributed by atoms with van der Waals surface area (Å²) in [7, 11) is 4.71. The summed E-state index contributed by atoms with van der Waals surface area (Å²) in [4.78, 5) is 12.8. The molecule has 0 fully saturated rings. The molecule has 1 N–H and O–H groups in total. The molecule has 0 unspecified atom stereocenters. The topological polar surface area (TPSA) is 92.6 Å². The van der Waals surface area contributed by atoms with Crippen molar-refractivity contribution in [3.63, 3.8) is 0 Å². The average molecular weight is 464 g/mol. The third-order valence-electron chi connectivity index (χ3n) is 4.33. The lowest BCUT2D eigenvalue weighted by Gasteiger charge is -2.14. The molecule has 32 heavy (non-hydrogen) atoms. The van der Waals surface area contributed by atoms with Gasteiger partial charge >= 0.3 is 0 Å². The molecule has 174 valence electrons. The van der Waals surface area contributed by atoms with Gasteiger partial charge in [0.05, 0.1) is 52.1 Å². The minimum Gasteiger partial charge on any atom is -0.493 e. The fourth-order valence-corrected chi connectivity index (χ4v) is 3.18. The Morgan fingerprint density at radius 1 is 0.969 bits per heavy atom. The number of hydrogen-bond donors (Lipinski definition) is 1. The number of imidazole rings is 1. The van der Waals surface area contributed by atoms with Crippen molar-refractivity contribution in [2.75, 3.05) is 26.6 Å². The number of aromatic nitrogens is 4. The fraction of sp³-hybridized carbons (Fsp3) is 0.409. The van der Waals surface area contributed by atoms with Gasteiger partial charge in [-0.15, -0.1) is 0 Å². The van der Waals surface area contributed by atoms with Gasteiger partial charge in [0.2, 0.25) is 11.0 Å². The highest BCUT2D eigenvalue weighted by Gasteiger charge is 2.20. The maximum absolute atomic E-state index is 6.01. The Kier molecular flexibility index (Phi) is 9.55. The summed E-state index contributed by atoms with van der Waals surface area (Å²) in [5.41, 5.74) is 2.46. The average Bonchev–Trinajstić information content (AvgIpc) is 3.50. The van der Waals surface area contributed by atoms with Crippen molar-refractivity contribution in [1.82, 2.24) is 19.5 Å². The monoisotopic (exact) mass is 463 g/mol. The molecule has 0 saturated carbocycles. The second kappa shape index (κ2) is 12.1. The normalized spacial score (nSPS) is 11.4. The van der Waals surface area contributed by atoms with Crippen LogP contribution in [0.15, 0.2) is 24.7 Å². The Balaban J connectivity index is 0.000000860. The molecular formula is C22H30ClN5O4. The molecule has 2 aromatic heterocycles. The third kappa shape index (κ3) is 5.41. The summed E-state index contributed by atoms with van der Waals surface area (Å²) in [6, 6.07) is 3.67. The highest BCUT2D eigenvalue weighted by molar-refractivity contribution is 6.28. The first-order valence-electron chi connectivity index (χ1n) is 10.4. The smallest absolute Gasteiger partial charge is 0.224 e. The van der Waals surface area contributed by atoms with Crippen LogP contribution in [0.3, 0.4) is 0 Å². The molecule has 10 heteroatoms. The molecule has 0 saturated heterocycles. The standard InChI is InChI=1S/C18H18ClN5O4.2C2H6/c1-25-13-4-10(5-14(26-2)16(13)27-3)24-6-15(20-9-24)22-17-11-7-28-8-12(11)21-18(19)23-17;2*1-2/h4-6,9H,7-8H2,1-3H3,(H,21,22,23);2*1-2H3. The fourth-order valence-electron chi connectivity index (χ4n) is 2.99. The number of halogens is 1. The summed E-state index contributed by atoms with van der Waals surface area (Å²) in [5.74, 6) is 2.81. The molecule has 1 aliphatic heterocycles. The number of nitrogens with one attached hydrogen (secondary N) is 1. The molecule has 0 bridgehead atoms. The number of rotatable bonds is 6. The van der Waals surface area contributed by atoms with Crippen LogP contribution in [0.5, 0.6) is 17.2 Å². The van der Waals surface area contributed by atoms with Crippen LogP contribution in [0, 0.1) is 0 Å². The second-order valence-electron chi connectivity index (χ2n) is 5.93. The van der Waals surface area contributed by atoms with Gasteiger partial charge in [0.1, 0.15) is 18.0 Å². The molecule has 0 atom stereocenters. The van der Waals surface area contributed by atoms with Gasteiger partial charge in [0.25, 0.3) is 0 Å². The molecule has 0 radical (unpaired) electrons. The lowest BCUT2D eigenvalue weighted by molar-refractivity contribution is 0.133. The zero-order chi connectivity index (χ0) is 23.7. The van der Waals surface area contributed by atoms with Gasteiger partial charge in [-0.05, 0) is 11.6 Å². The van der Waals surface area contributed by atoms with E-state index in [-0.39, 0.29) is 5.28 Å². The summed E-state index contributed by atoms with van der Waals surface area (Å²) in [6.45, 7) is 8.86. The van der Waals surface area contributed by atoms with Crippen LogP contribution in [-0.4, -0.2) is 40.8 Å². The summed E-state index contributed by atoms with van der Waals surface area (Å²) in [5, 5.41) is 3.34. The number of methoxy groups -OCH3 is 3. The lowest BCUT2D eigenvalue weighted by Crippen LogP contribution is -2.02. The molecule has 0 amide bonds. The van der Waals surface area contributed by atoms with Crippen LogP contribution in [0.25, 0.3) is 5.69 Å². The van der Waals surface area contributed by atoms with E-state index in [9.17, 15) is 0 Å². The summed E-state index contributed by atoms with van der Waals surface area (Å²) in [6.07, 6.45) is 3.49. The molecular weight excluding hydrogens is 434 g/mol. The third-order valence-corrected chi connectivity index (χ3v) is 4.50. The Morgan fingerprint density at radius 3 is 2.22 bits per heavy atom. The molecule has 3 heterocycles. The Labute approximate surface area is 193 Å². The predicted molar refractivity (Wildman–Crippen MR) is 125 cm³/mol. The minimum atomic E-state index is 0.163. The van der Waals surface area contributed by atoms with Crippen LogP contribution >= 0.6 is 11.6 Å². The van der Waals surface area contributed by atoms with Gasteiger partial charge in [0.15, 0.2) is 11.5 Å². The number of fused-ring (bicyclic) bond motifs is 1. The van der Waals surface area contributed by atoms with E-state index in [1.165, 1.54) is 0 Å². The van der Waals surface area contributed by atoms with E-state index in [0.717, 1.165) is 16.9 Å². The zero-order valence-electron chi connectivity index (χ0n) is 19.5. The van der Waals surface area contributed by atoms with E-state index in [4.69, 9.17) is 30.5 Å². The van der Waals surface area contributed by atoms with E-state index in [1.54, 1.807) is 27.7 Å². The van der Waals surface area contributed by atoms with Gasteiger partial charge in [-0.3, -0.25) is 0 Å². The van der Waals surface area contributed by atoms with Gasteiger partial charge in [-0.25, -0.2) is 15.0 Å². The van der Waals surface area contributed by atoms with E-state index < -0.39 is 0 Å². The van der Waals surface area contributed by atoms with Crippen molar-refractivity contribution < 1.29 is 18.9 Å². The van der Waals surface area contributed by atoms with E-state index in [0.29, 0.717) is 42.1 Å². The SMILES string of the molecule is CC.CC.COc1cc(-n2cnc(Nc3nc(Cl)nc4c3COC4)c2)cc(OC)c1OC. The maximum Gasteiger partial charge on any atom is 0.224 e. The number of ether oxygens (including phenoxy) is 4. The highest BCUT2D eigenvalue weighted by Crippen LogP contribution is 2.39. The maximum atomic E-state index is 6.01. The molecule has 4 rings (SSSR count). The molecule has 3 aromatic rings. The van der Waals surface area contributed by atoms with E-state index in [2.05, 4.69) is 20.3 Å². The Bertz CT molecular complexity index is 1000. The number of anilines is 2. The first kappa shape index (κ1) is 25.2. The molecule has 1 aromatic carbocycles. The molecule has 1 aliphatic rings. The van der Waals surface area contributed by atoms with E-state index >= 15 is 0 Å². The van der Waals surface area contributed by atoms with Crippen LogP contribution in [-0.2, 0) is 18.0 Å². The quantitative estimate of drug-likeness (QED) is 0.500. The van der Waals surface area contributed by atoms with Gasteiger partial charge < -0.3 is 28.8 Å². The van der Waals surface area contributed by atoms with Gasteiger partial charge in [0, 0.05) is 17.7 Å². The second-order valence-corrected chi connectivity index (χ2v) is 6.27. The van der Waals surface area contributed by atoms with Gasteiger partial charge in [-0.1, -0.05) is 27.7 Å². The van der Waals surface area contributed by atoms with Crippen LogP contribution in [0.1, 0.15) is 39.0 Å². The summed E-state index contributed by atoms with van der Waals surface area (Å²) < 4.78 is 23.4. The predicted octanol–water partition coefficient (Wildman–Crippen LogP) is 5.17. The Hall–Kier alpha value is -3.04. The highest BCUT2D eigenvalue weighted by atomic mass is 35.5. The molecule has 9 nitrogen and oxygen atoms in total. The van der Waals surface area contributed by atoms with Crippen LogP contribution < -0.4 is 19.5 Å². The number of hydrogen-bond acceptors (Lipinski definition) is 8. The van der Waals surface area contributed by atoms with Crippen LogP contribution in [0.2, 0.25) is 5.28 Å². The number of nitrogens with zero attached hydrogens (tertiary/aromatic N) is 4. The zero-order valence-corrected chi connectivity index (χ0v) is 20.3. The van der Waals surface area contributed by atoms with E-state index in [1.807, 2.05) is 50.6 Å². The van der Waals surface area contributed by atoms with Crippen molar-refractivity contribution in [3.8, 4) is 22.9 Å². The molecule has 0 aliphatic carbocycles. The molecule has 0 spiro atoms. The Morgan fingerprint density at radius 2 is 1.62 bits per heavy atom. The van der Waals surface area contributed by atoms with Gasteiger partial charge in [-0.2, -0.15) is 0 Å². The summed E-state index contributed by atoms with van der Waals surface area (Å²) >= 11 is 6.01. The minimum absolute atomic E-state index is 0.163. The van der Waals surface area contributed by atoms with Crippen LogP contribution in [0.4, 0.5) is 11.6 Å². The van der Waals surface area contributed by atoms with Crippen molar-refractivity contribution in [1.29, 1.82) is 0 Å². The van der Waals surface area contributed by atoms with Crippen molar-refractivity contribution in [3.05, 3.63) is 41.2 Å². The van der Waals surface area contributed by atoms with Crippen molar-refractivity contribution in [2.24, 2.45) is 0 Å². The largest absolute Gasteiger partial charge is 0.493 e. The number of benzene rings is 1. The first-order valence-corrected chi connectivity index (χ1v) is 10.7. The van der Waals surface area contributed by atoms with Crippen molar-refractivity contribution >= 4 is 23.2 Å². The van der Waals surface area contributed by atoms with Crippen molar-refractivity contribution in [2.45, 2.75) is 40.9 Å².